The van der Waals surface area contributed by atoms with E-state index in [1.807, 2.05) is 0 Å². The van der Waals surface area contributed by atoms with Gasteiger partial charge >= 0.3 is 0 Å². The molecule has 0 aromatic rings. The third-order valence-corrected chi connectivity index (χ3v) is 3.79. The normalized spacial score (nSPS) is 22.6. The summed E-state index contributed by atoms with van der Waals surface area (Å²) in [6.07, 6.45) is 2.58. The van der Waals surface area contributed by atoms with Crippen molar-refractivity contribution in [2.45, 2.75) is 19.8 Å². The Labute approximate surface area is 86.2 Å². The van der Waals surface area contributed by atoms with Crippen LogP contribution in [0.25, 0.3) is 0 Å². The third-order valence-electron chi connectivity index (χ3n) is 2.74. The Morgan fingerprint density at radius 1 is 1.38 bits per heavy atom. The van der Waals surface area contributed by atoms with Crippen molar-refractivity contribution in [1.29, 1.82) is 0 Å². The second-order valence-corrected chi connectivity index (χ2v) is 5.00. The number of hydrogen-bond acceptors (Lipinski definition) is 3. The molecule has 78 valence electrons. The summed E-state index contributed by atoms with van der Waals surface area (Å²) < 4.78 is 0. The maximum atomic E-state index is 5.71. The van der Waals surface area contributed by atoms with Gasteiger partial charge in [0, 0.05) is 18.8 Å². The highest BCUT2D eigenvalue weighted by Crippen LogP contribution is 2.12. The molecule has 1 unspecified atom stereocenters. The molecule has 2 nitrogen and oxygen atoms in total. The molecule has 3 heteroatoms. The van der Waals surface area contributed by atoms with Crippen LogP contribution >= 0.6 is 11.8 Å². The van der Waals surface area contributed by atoms with Gasteiger partial charge in [-0.05, 0) is 31.2 Å². The average molecular weight is 202 g/mol. The smallest absolute Gasteiger partial charge is 0.00725 e. The van der Waals surface area contributed by atoms with Gasteiger partial charge in [0.15, 0.2) is 0 Å². The zero-order chi connectivity index (χ0) is 9.52. The summed E-state index contributed by atoms with van der Waals surface area (Å²) in [5.41, 5.74) is 5.71. The molecule has 0 aromatic carbocycles. The number of thioether (sulfide) groups is 1. The largest absolute Gasteiger partial charge is 0.330 e. The number of hydrogen-bond donors (Lipinski definition) is 1. The fraction of sp³-hybridized carbons (Fsp3) is 1.00. The SMILES string of the molecule is CCC(CN)CN1CCCSCC1. The summed E-state index contributed by atoms with van der Waals surface area (Å²) in [5.74, 6) is 3.36. The van der Waals surface area contributed by atoms with Crippen LogP contribution in [0.4, 0.5) is 0 Å². The van der Waals surface area contributed by atoms with Gasteiger partial charge in [0.05, 0.1) is 0 Å². The molecule has 0 saturated carbocycles. The molecule has 0 aliphatic carbocycles. The summed E-state index contributed by atoms with van der Waals surface area (Å²) in [7, 11) is 0. The minimum Gasteiger partial charge on any atom is -0.330 e. The zero-order valence-electron chi connectivity index (χ0n) is 8.67. The van der Waals surface area contributed by atoms with E-state index >= 15 is 0 Å². The lowest BCUT2D eigenvalue weighted by molar-refractivity contribution is 0.245. The minimum atomic E-state index is 0.711. The van der Waals surface area contributed by atoms with Crippen molar-refractivity contribution >= 4 is 11.8 Å². The summed E-state index contributed by atoms with van der Waals surface area (Å²) in [4.78, 5) is 2.58. The Hall–Kier alpha value is 0.270. The Morgan fingerprint density at radius 2 is 2.23 bits per heavy atom. The Bertz CT molecular complexity index is 118. The first-order chi connectivity index (χ1) is 6.36. The predicted octanol–water partition coefficient (Wildman–Crippen LogP) is 1.41. The Kier molecular flexibility index (Phi) is 5.83. The van der Waals surface area contributed by atoms with Crippen LogP contribution in [0.5, 0.6) is 0 Å². The molecule has 1 atom stereocenters. The molecule has 13 heavy (non-hydrogen) atoms. The lowest BCUT2D eigenvalue weighted by atomic mass is 10.1. The van der Waals surface area contributed by atoms with Gasteiger partial charge < -0.3 is 10.6 Å². The molecule has 2 N–H and O–H groups in total. The number of rotatable bonds is 4. The monoisotopic (exact) mass is 202 g/mol. The van der Waals surface area contributed by atoms with E-state index in [1.165, 1.54) is 44.0 Å². The highest BCUT2D eigenvalue weighted by atomic mass is 32.2. The second kappa shape index (κ2) is 6.68. The summed E-state index contributed by atoms with van der Waals surface area (Å²) in [6.45, 7) is 6.85. The van der Waals surface area contributed by atoms with E-state index in [-0.39, 0.29) is 0 Å². The van der Waals surface area contributed by atoms with Crippen LogP contribution in [0.15, 0.2) is 0 Å². The van der Waals surface area contributed by atoms with Crippen LogP contribution < -0.4 is 5.73 Å². The highest BCUT2D eigenvalue weighted by Gasteiger charge is 2.13. The van der Waals surface area contributed by atoms with Crippen molar-refractivity contribution in [2.75, 3.05) is 37.7 Å². The van der Waals surface area contributed by atoms with Crippen LogP contribution in [0.2, 0.25) is 0 Å². The van der Waals surface area contributed by atoms with Crippen molar-refractivity contribution in [3.8, 4) is 0 Å². The Morgan fingerprint density at radius 3 is 2.92 bits per heavy atom. The first-order valence-corrected chi connectivity index (χ1v) is 6.52. The summed E-state index contributed by atoms with van der Waals surface area (Å²) in [5, 5.41) is 0. The van der Waals surface area contributed by atoms with E-state index in [1.54, 1.807) is 0 Å². The van der Waals surface area contributed by atoms with Crippen molar-refractivity contribution in [1.82, 2.24) is 4.90 Å². The van der Waals surface area contributed by atoms with Gasteiger partial charge in [0.2, 0.25) is 0 Å². The van der Waals surface area contributed by atoms with Crippen molar-refractivity contribution in [2.24, 2.45) is 11.7 Å². The zero-order valence-corrected chi connectivity index (χ0v) is 9.48. The van der Waals surface area contributed by atoms with Gasteiger partial charge in [-0.3, -0.25) is 0 Å². The van der Waals surface area contributed by atoms with E-state index in [0.29, 0.717) is 5.92 Å². The molecule has 1 heterocycles. The lowest BCUT2D eigenvalue weighted by Crippen LogP contribution is -2.34. The van der Waals surface area contributed by atoms with E-state index in [4.69, 9.17) is 5.73 Å². The predicted molar refractivity (Wildman–Crippen MR) is 61.2 cm³/mol. The first kappa shape index (κ1) is 11.3. The molecule has 0 radical (unpaired) electrons. The Balaban J connectivity index is 2.24. The van der Waals surface area contributed by atoms with Gasteiger partial charge in [-0.1, -0.05) is 13.3 Å². The topological polar surface area (TPSA) is 29.3 Å². The molecule has 0 spiro atoms. The molecule has 0 bridgehead atoms. The molecule has 1 aliphatic rings. The second-order valence-electron chi connectivity index (χ2n) is 3.78. The molecule has 1 rings (SSSR count). The molecule has 1 saturated heterocycles. The van der Waals surface area contributed by atoms with Crippen LogP contribution in [0, 0.1) is 5.92 Å². The summed E-state index contributed by atoms with van der Waals surface area (Å²) >= 11 is 2.09. The fourth-order valence-electron chi connectivity index (χ4n) is 1.72. The van der Waals surface area contributed by atoms with Crippen molar-refractivity contribution in [3.63, 3.8) is 0 Å². The maximum Gasteiger partial charge on any atom is 0.00725 e. The number of nitrogens with two attached hydrogens (primary N) is 1. The lowest BCUT2D eigenvalue weighted by Gasteiger charge is -2.24. The van der Waals surface area contributed by atoms with E-state index in [2.05, 4.69) is 23.6 Å². The van der Waals surface area contributed by atoms with Crippen molar-refractivity contribution < 1.29 is 0 Å². The van der Waals surface area contributed by atoms with Gasteiger partial charge in [-0.25, -0.2) is 0 Å². The van der Waals surface area contributed by atoms with Gasteiger partial charge in [-0.15, -0.1) is 0 Å². The van der Waals surface area contributed by atoms with Gasteiger partial charge in [-0.2, -0.15) is 11.8 Å². The number of nitrogens with zero attached hydrogens (tertiary/aromatic N) is 1. The highest BCUT2D eigenvalue weighted by molar-refractivity contribution is 7.99. The van der Waals surface area contributed by atoms with E-state index < -0.39 is 0 Å². The molecular formula is C10H22N2S. The van der Waals surface area contributed by atoms with Gasteiger partial charge in [0.1, 0.15) is 0 Å². The molecule has 0 aromatic heterocycles. The molecule has 1 fully saturated rings. The molecule has 1 aliphatic heterocycles. The van der Waals surface area contributed by atoms with E-state index in [9.17, 15) is 0 Å². The molecule has 0 amide bonds. The van der Waals surface area contributed by atoms with Crippen LogP contribution in [-0.4, -0.2) is 42.6 Å². The van der Waals surface area contributed by atoms with Crippen LogP contribution in [0.3, 0.4) is 0 Å². The average Bonchev–Trinajstić information content (AvgIpc) is 2.42. The van der Waals surface area contributed by atoms with Crippen molar-refractivity contribution in [3.05, 3.63) is 0 Å². The van der Waals surface area contributed by atoms with Crippen LogP contribution in [0.1, 0.15) is 19.8 Å². The van der Waals surface area contributed by atoms with Gasteiger partial charge in [0.25, 0.3) is 0 Å². The minimum absolute atomic E-state index is 0.711. The standard InChI is InChI=1S/C10H22N2S/c1-2-10(8-11)9-12-4-3-6-13-7-5-12/h10H,2-9,11H2,1H3. The maximum absolute atomic E-state index is 5.71. The third kappa shape index (κ3) is 4.34. The van der Waals surface area contributed by atoms with Crippen LogP contribution in [-0.2, 0) is 0 Å². The fourth-order valence-corrected chi connectivity index (χ4v) is 2.64. The first-order valence-electron chi connectivity index (χ1n) is 5.37. The summed E-state index contributed by atoms with van der Waals surface area (Å²) in [6, 6.07) is 0. The van der Waals surface area contributed by atoms with E-state index in [0.717, 1.165) is 6.54 Å². The molecular weight excluding hydrogens is 180 g/mol. The quantitative estimate of drug-likeness (QED) is 0.747.